The highest BCUT2D eigenvalue weighted by Gasteiger charge is 2.14. The fourth-order valence-electron chi connectivity index (χ4n) is 1.37. The summed E-state index contributed by atoms with van der Waals surface area (Å²) in [6.45, 7) is 2.28. The quantitative estimate of drug-likeness (QED) is 0.679. The van der Waals surface area contributed by atoms with E-state index in [2.05, 4.69) is 15.3 Å². The average Bonchev–Trinajstić information content (AvgIpc) is 2.92. The number of rotatable bonds is 5. The van der Waals surface area contributed by atoms with Crippen LogP contribution >= 0.6 is 23.4 Å². The summed E-state index contributed by atoms with van der Waals surface area (Å²) in [5, 5.41) is 3.47. The molecule has 0 aliphatic rings. The summed E-state index contributed by atoms with van der Waals surface area (Å²) < 4.78 is 5.13. The lowest BCUT2D eigenvalue weighted by Crippen LogP contribution is -2.24. The second-order valence-electron chi connectivity index (χ2n) is 3.54. The average molecular weight is 298 g/mol. The van der Waals surface area contributed by atoms with Crippen LogP contribution in [0.4, 0.5) is 0 Å². The summed E-state index contributed by atoms with van der Waals surface area (Å²) >= 11 is 7.39. The van der Waals surface area contributed by atoms with Gasteiger partial charge in [-0.2, -0.15) is 0 Å². The molecule has 0 atom stereocenters. The molecule has 0 saturated heterocycles. The van der Waals surface area contributed by atoms with Crippen LogP contribution in [-0.2, 0) is 6.54 Å². The normalized spacial score (nSPS) is 10.4. The predicted octanol–water partition coefficient (Wildman–Crippen LogP) is 2.77. The number of furan rings is 1. The molecule has 100 valence electrons. The fourth-order valence-corrected chi connectivity index (χ4v) is 2.09. The summed E-state index contributed by atoms with van der Waals surface area (Å²) in [5.41, 5.74) is 0.180. The van der Waals surface area contributed by atoms with Gasteiger partial charge >= 0.3 is 0 Å². The van der Waals surface area contributed by atoms with Gasteiger partial charge in [0.1, 0.15) is 5.76 Å². The number of amides is 1. The van der Waals surface area contributed by atoms with Crippen LogP contribution in [0.5, 0.6) is 0 Å². The minimum Gasteiger partial charge on any atom is -0.467 e. The van der Waals surface area contributed by atoms with Crippen molar-refractivity contribution in [2.75, 3.05) is 5.75 Å². The number of nitrogens with one attached hydrogen (secondary N) is 1. The second kappa shape index (κ2) is 6.58. The van der Waals surface area contributed by atoms with E-state index in [1.807, 2.05) is 6.92 Å². The zero-order valence-corrected chi connectivity index (χ0v) is 11.8. The third kappa shape index (κ3) is 3.71. The Balaban J connectivity index is 2.07. The van der Waals surface area contributed by atoms with Gasteiger partial charge in [0.15, 0.2) is 10.9 Å². The number of carbonyl (C=O) groups excluding carboxylic acids is 1. The Morgan fingerprint density at radius 2 is 2.42 bits per heavy atom. The maximum atomic E-state index is 12.0. The molecule has 7 heteroatoms. The van der Waals surface area contributed by atoms with Crippen LogP contribution in [0.2, 0.25) is 5.02 Å². The van der Waals surface area contributed by atoms with Gasteiger partial charge < -0.3 is 9.73 Å². The molecule has 5 nitrogen and oxygen atoms in total. The van der Waals surface area contributed by atoms with Crippen molar-refractivity contribution in [1.29, 1.82) is 0 Å². The first-order valence-electron chi connectivity index (χ1n) is 5.66. The Labute approximate surface area is 119 Å². The number of thioether (sulfide) groups is 1. The zero-order valence-electron chi connectivity index (χ0n) is 10.2. The van der Waals surface area contributed by atoms with E-state index in [1.165, 1.54) is 18.0 Å². The zero-order chi connectivity index (χ0) is 13.7. The minimum absolute atomic E-state index is 0.180. The van der Waals surface area contributed by atoms with Crippen molar-refractivity contribution in [2.45, 2.75) is 18.6 Å². The lowest BCUT2D eigenvalue weighted by molar-refractivity contribution is 0.0942. The first-order valence-corrected chi connectivity index (χ1v) is 7.03. The van der Waals surface area contributed by atoms with Crippen LogP contribution in [0.25, 0.3) is 0 Å². The van der Waals surface area contributed by atoms with Gasteiger partial charge in [-0.05, 0) is 17.9 Å². The first-order chi connectivity index (χ1) is 9.20. The molecule has 1 N–H and O–H groups in total. The van der Waals surface area contributed by atoms with Crippen molar-refractivity contribution in [3.8, 4) is 0 Å². The van der Waals surface area contributed by atoms with Crippen molar-refractivity contribution in [3.63, 3.8) is 0 Å². The number of nitrogens with zero attached hydrogens (tertiary/aromatic N) is 2. The van der Waals surface area contributed by atoms with Gasteiger partial charge in [-0.15, -0.1) is 0 Å². The van der Waals surface area contributed by atoms with Crippen molar-refractivity contribution in [1.82, 2.24) is 15.3 Å². The highest BCUT2D eigenvalue weighted by molar-refractivity contribution is 7.99. The maximum Gasteiger partial charge on any atom is 0.271 e. The van der Waals surface area contributed by atoms with Crippen LogP contribution in [0.3, 0.4) is 0 Å². The van der Waals surface area contributed by atoms with Gasteiger partial charge in [0.25, 0.3) is 5.91 Å². The summed E-state index contributed by atoms with van der Waals surface area (Å²) in [5.74, 6) is 1.15. The maximum absolute atomic E-state index is 12.0. The van der Waals surface area contributed by atoms with Crippen LogP contribution in [-0.4, -0.2) is 21.6 Å². The molecule has 2 aromatic heterocycles. The topological polar surface area (TPSA) is 68.0 Å². The van der Waals surface area contributed by atoms with E-state index in [4.69, 9.17) is 16.0 Å². The molecule has 2 heterocycles. The predicted molar refractivity (Wildman–Crippen MR) is 73.3 cm³/mol. The molecule has 0 fully saturated rings. The Bertz CT molecular complexity index is 560. The minimum atomic E-state index is -0.346. The molecule has 1 amide bonds. The number of aromatic nitrogens is 2. The molecule has 0 spiro atoms. The van der Waals surface area contributed by atoms with Crippen LogP contribution in [0.1, 0.15) is 23.2 Å². The van der Waals surface area contributed by atoms with E-state index >= 15 is 0 Å². The molecule has 0 aliphatic carbocycles. The van der Waals surface area contributed by atoms with E-state index in [0.29, 0.717) is 17.5 Å². The highest BCUT2D eigenvalue weighted by atomic mass is 35.5. The number of hydrogen-bond donors (Lipinski definition) is 1. The standard InChI is InChI=1S/C12H12ClN3O2S/c1-2-19-12-15-7-9(13)10(16-12)11(17)14-6-8-4-3-5-18-8/h3-5,7H,2,6H2,1H3,(H,14,17). The summed E-state index contributed by atoms with van der Waals surface area (Å²) in [6, 6.07) is 3.54. The van der Waals surface area contributed by atoms with Gasteiger partial charge in [0.2, 0.25) is 0 Å². The number of hydrogen-bond acceptors (Lipinski definition) is 5. The molecule has 0 aliphatic heterocycles. The van der Waals surface area contributed by atoms with E-state index < -0.39 is 0 Å². The molecule has 0 bridgehead atoms. The third-order valence-electron chi connectivity index (χ3n) is 2.21. The number of carbonyl (C=O) groups is 1. The highest BCUT2D eigenvalue weighted by Crippen LogP contribution is 2.18. The van der Waals surface area contributed by atoms with Gasteiger partial charge in [0, 0.05) is 0 Å². The molecule has 2 aromatic rings. The fraction of sp³-hybridized carbons (Fsp3) is 0.250. The Morgan fingerprint density at radius 3 is 3.11 bits per heavy atom. The van der Waals surface area contributed by atoms with Crippen LogP contribution < -0.4 is 5.32 Å². The van der Waals surface area contributed by atoms with Gasteiger partial charge in [0.05, 0.1) is 24.0 Å². The molecule has 2 rings (SSSR count). The lowest BCUT2D eigenvalue weighted by atomic mass is 10.3. The van der Waals surface area contributed by atoms with Crippen LogP contribution in [0.15, 0.2) is 34.2 Å². The van der Waals surface area contributed by atoms with Crippen molar-refractivity contribution in [2.24, 2.45) is 0 Å². The second-order valence-corrected chi connectivity index (χ2v) is 5.18. The molecule has 19 heavy (non-hydrogen) atoms. The molecule has 0 radical (unpaired) electrons. The third-order valence-corrected chi connectivity index (χ3v) is 3.23. The lowest BCUT2D eigenvalue weighted by Gasteiger charge is -2.05. The summed E-state index contributed by atoms with van der Waals surface area (Å²) in [6.07, 6.45) is 2.99. The van der Waals surface area contributed by atoms with Crippen molar-refractivity contribution < 1.29 is 9.21 Å². The van der Waals surface area contributed by atoms with E-state index in [0.717, 1.165) is 5.75 Å². The molecule has 0 saturated carbocycles. The first kappa shape index (κ1) is 13.9. The van der Waals surface area contributed by atoms with Gasteiger partial charge in [-0.3, -0.25) is 4.79 Å². The van der Waals surface area contributed by atoms with Gasteiger partial charge in [-0.25, -0.2) is 9.97 Å². The molecule has 0 unspecified atom stereocenters. The molecular weight excluding hydrogens is 286 g/mol. The Hall–Kier alpha value is -1.53. The summed E-state index contributed by atoms with van der Waals surface area (Å²) in [4.78, 5) is 20.2. The largest absolute Gasteiger partial charge is 0.467 e. The molecule has 0 aromatic carbocycles. The van der Waals surface area contributed by atoms with E-state index in [-0.39, 0.29) is 16.6 Å². The van der Waals surface area contributed by atoms with Crippen molar-refractivity contribution >= 4 is 29.3 Å². The van der Waals surface area contributed by atoms with E-state index in [1.54, 1.807) is 18.4 Å². The van der Waals surface area contributed by atoms with E-state index in [9.17, 15) is 4.79 Å². The van der Waals surface area contributed by atoms with Crippen molar-refractivity contribution in [3.05, 3.63) is 41.1 Å². The smallest absolute Gasteiger partial charge is 0.271 e. The Kier molecular flexibility index (Phi) is 4.81. The summed E-state index contributed by atoms with van der Waals surface area (Å²) in [7, 11) is 0. The molecular formula is C12H12ClN3O2S. The Morgan fingerprint density at radius 1 is 1.58 bits per heavy atom. The van der Waals surface area contributed by atoms with Crippen LogP contribution in [0, 0.1) is 0 Å². The van der Waals surface area contributed by atoms with Gasteiger partial charge in [-0.1, -0.05) is 30.3 Å². The monoisotopic (exact) mass is 297 g/mol. The SMILES string of the molecule is CCSc1ncc(Cl)c(C(=O)NCc2ccco2)n1. The number of halogens is 1.